The van der Waals surface area contributed by atoms with Crippen LogP contribution in [0.2, 0.25) is 0 Å². The quantitative estimate of drug-likeness (QED) is 0.274. The Kier molecular flexibility index (Phi) is 12.0. The van der Waals surface area contributed by atoms with Crippen LogP contribution >= 0.6 is 0 Å². The number of hydrogen-bond acceptors (Lipinski definition) is 0. The second-order valence-corrected chi connectivity index (χ2v) is 7.03. The molecule has 0 bridgehead atoms. The van der Waals surface area contributed by atoms with E-state index in [2.05, 4.69) is 42.3 Å². The summed E-state index contributed by atoms with van der Waals surface area (Å²) in [6.07, 6.45) is 22.3. The third-order valence-electron chi connectivity index (χ3n) is 4.81. The predicted octanol–water partition coefficient (Wildman–Crippen LogP) is 6.06. The van der Waals surface area contributed by atoms with Gasteiger partial charge >= 0.3 is 0 Å². The molecule has 1 rings (SSSR count). The molecular weight excluding hydrogens is 280 g/mol. The average Bonchev–Trinajstić information content (AvgIpc) is 2.93. The van der Waals surface area contributed by atoms with E-state index in [0.717, 1.165) is 0 Å². The molecule has 23 heavy (non-hydrogen) atoms. The number of rotatable bonds is 15. The van der Waals surface area contributed by atoms with Crippen LogP contribution in [0.4, 0.5) is 0 Å². The fourth-order valence-corrected chi connectivity index (χ4v) is 3.38. The summed E-state index contributed by atoms with van der Waals surface area (Å²) in [4.78, 5) is 0. The Morgan fingerprint density at radius 2 is 1.35 bits per heavy atom. The first-order chi connectivity index (χ1) is 11.3. The van der Waals surface area contributed by atoms with Crippen molar-refractivity contribution in [1.29, 1.82) is 0 Å². The first-order valence-corrected chi connectivity index (χ1v) is 10.4. The van der Waals surface area contributed by atoms with Crippen molar-refractivity contribution in [2.75, 3.05) is 0 Å². The topological polar surface area (TPSA) is 8.81 Å². The van der Waals surface area contributed by atoms with Crippen molar-refractivity contribution in [3.8, 4) is 0 Å². The lowest BCUT2D eigenvalue weighted by Gasteiger charge is -2.05. The number of nitrogens with zero attached hydrogens (tertiary/aromatic N) is 2. The zero-order valence-corrected chi connectivity index (χ0v) is 16.2. The van der Waals surface area contributed by atoms with Gasteiger partial charge in [-0.25, -0.2) is 9.13 Å². The summed E-state index contributed by atoms with van der Waals surface area (Å²) in [6.45, 7) is 9.25. The summed E-state index contributed by atoms with van der Waals surface area (Å²) in [5, 5.41) is 0. The molecule has 0 atom stereocenters. The van der Waals surface area contributed by atoms with Gasteiger partial charge < -0.3 is 0 Å². The van der Waals surface area contributed by atoms with E-state index >= 15 is 0 Å². The zero-order valence-electron chi connectivity index (χ0n) is 16.2. The third kappa shape index (κ3) is 8.58. The molecule has 0 aromatic carbocycles. The third-order valence-corrected chi connectivity index (χ3v) is 4.81. The second-order valence-electron chi connectivity index (χ2n) is 7.03. The molecule has 2 heteroatoms. The fourth-order valence-electron chi connectivity index (χ4n) is 3.38. The van der Waals surface area contributed by atoms with Crippen LogP contribution in [-0.4, -0.2) is 4.57 Å². The average molecular weight is 322 g/mol. The van der Waals surface area contributed by atoms with E-state index in [9.17, 15) is 0 Å². The molecule has 0 N–H and O–H groups in total. The van der Waals surface area contributed by atoms with Crippen molar-refractivity contribution < 1.29 is 4.57 Å². The highest BCUT2D eigenvalue weighted by Crippen LogP contribution is 2.10. The smallest absolute Gasteiger partial charge is 0.234 e. The van der Waals surface area contributed by atoms with E-state index in [4.69, 9.17) is 0 Å². The van der Waals surface area contributed by atoms with Crippen molar-refractivity contribution in [1.82, 2.24) is 4.57 Å². The van der Waals surface area contributed by atoms with E-state index in [1.54, 1.807) is 5.82 Å². The Morgan fingerprint density at radius 3 is 2.00 bits per heavy atom. The van der Waals surface area contributed by atoms with Gasteiger partial charge in [-0.3, -0.25) is 0 Å². The largest absolute Gasteiger partial charge is 0.256 e. The number of imidazole rings is 1. The lowest BCUT2D eigenvalue weighted by atomic mass is 10.1. The summed E-state index contributed by atoms with van der Waals surface area (Å²) >= 11 is 0. The van der Waals surface area contributed by atoms with Gasteiger partial charge in [0.05, 0.1) is 13.1 Å². The minimum atomic E-state index is 1.17. The number of aromatic nitrogens is 2. The molecule has 0 saturated carbocycles. The summed E-state index contributed by atoms with van der Waals surface area (Å²) in [5.74, 6) is 1.57. The lowest BCUT2D eigenvalue weighted by molar-refractivity contribution is -0.704. The highest BCUT2D eigenvalue weighted by molar-refractivity contribution is 4.84. The molecule has 134 valence electrons. The van der Waals surface area contributed by atoms with Gasteiger partial charge in [-0.1, -0.05) is 72.1 Å². The van der Waals surface area contributed by atoms with Crippen molar-refractivity contribution in [2.24, 2.45) is 0 Å². The molecular formula is C21H41N2+. The Morgan fingerprint density at radius 1 is 0.739 bits per heavy atom. The molecule has 1 aromatic rings. The summed E-state index contributed by atoms with van der Waals surface area (Å²) in [6, 6.07) is 0. The molecule has 1 aromatic heterocycles. The van der Waals surface area contributed by atoms with Crippen molar-refractivity contribution in [2.45, 2.75) is 117 Å². The van der Waals surface area contributed by atoms with Crippen LogP contribution in [0.1, 0.15) is 104 Å². The molecule has 0 amide bonds. The first-order valence-electron chi connectivity index (χ1n) is 10.4. The molecule has 0 fully saturated rings. The van der Waals surface area contributed by atoms with E-state index in [1.807, 2.05) is 0 Å². The Balaban J connectivity index is 2.40. The van der Waals surface area contributed by atoms with Gasteiger partial charge in [0.25, 0.3) is 5.82 Å². The molecule has 0 saturated heterocycles. The normalized spacial score (nSPS) is 11.3. The van der Waals surface area contributed by atoms with Crippen LogP contribution in [-0.2, 0) is 19.5 Å². The van der Waals surface area contributed by atoms with Gasteiger partial charge in [-0.2, -0.15) is 0 Å². The number of aryl methyl sites for hydroxylation is 2. The second kappa shape index (κ2) is 13.6. The zero-order chi connectivity index (χ0) is 16.8. The molecule has 0 aliphatic heterocycles. The standard InChI is InChI=1S/C21H41N2/c1-4-7-9-11-12-14-16-21-22(17-6-3)19-20-23(21)18-15-13-10-8-5-2/h19-20H,4-18H2,1-3H3/q+1. The monoisotopic (exact) mass is 321 g/mol. The molecule has 0 spiro atoms. The van der Waals surface area contributed by atoms with Crippen LogP contribution < -0.4 is 4.57 Å². The molecule has 0 aliphatic carbocycles. The Labute approximate surface area is 145 Å². The van der Waals surface area contributed by atoms with Gasteiger partial charge in [0.2, 0.25) is 0 Å². The summed E-state index contributed by atoms with van der Waals surface area (Å²) in [7, 11) is 0. The SMILES string of the molecule is CCCCCCCCc1n(CCC)cc[n+]1CCCCCCC. The maximum atomic E-state index is 2.54. The molecule has 0 unspecified atom stereocenters. The lowest BCUT2D eigenvalue weighted by Crippen LogP contribution is -2.37. The van der Waals surface area contributed by atoms with E-state index in [0.29, 0.717) is 0 Å². The molecule has 0 radical (unpaired) electrons. The van der Waals surface area contributed by atoms with Gasteiger partial charge in [-0.05, 0) is 25.7 Å². The van der Waals surface area contributed by atoms with Crippen molar-refractivity contribution in [3.63, 3.8) is 0 Å². The van der Waals surface area contributed by atoms with Gasteiger partial charge in [-0.15, -0.1) is 0 Å². The summed E-state index contributed by atoms with van der Waals surface area (Å²) in [5.41, 5.74) is 0. The van der Waals surface area contributed by atoms with E-state index < -0.39 is 0 Å². The highest BCUT2D eigenvalue weighted by atomic mass is 15.1. The van der Waals surface area contributed by atoms with Crippen LogP contribution in [0.25, 0.3) is 0 Å². The van der Waals surface area contributed by atoms with E-state index in [-0.39, 0.29) is 0 Å². The van der Waals surface area contributed by atoms with Crippen LogP contribution in [0.3, 0.4) is 0 Å². The van der Waals surface area contributed by atoms with Crippen LogP contribution in [0, 0.1) is 0 Å². The fraction of sp³-hybridized carbons (Fsp3) is 0.857. The number of hydrogen-bond donors (Lipinski definition) is 0. The Hall–Kier alpha value is -0.790. The maximum Gasteiger partial charge on any atom is 0.256 e. The van der Waals surface area contributed by atoms with Gasteiger partial charge in [0.1, 0.15) is 12.4 Å². The molecule has 0 aliphatic rings. The van der Waals surface area contributed by atoms with Crippen LogP contribution in [0.15, 0.2) is 12.4 Å². The van der Waals surface area contributed by atoms with Crippen LogP contribution in [0.5, 0.6) is 0 Å². The molecule has 1 heterocycles. The Bertz CT molecular complexity index is 381. The van der Waals surface area contributed by atoms with Gasteiger partial charge in [0.15, 0.2) is 0 Å². The van der Waals surface area contributed by atoms with Crippen molar-refractivity contribution in [3.05, 3.63) is 18.2 Å². The minimum Gasteiger partial charge on any atom is -0.234 e. The van der Waals surface area contributed by atoms with E-state index in [1.165, 1.54) is 96.6 Å². The minimum absolute atomic E-state index is 1.17. The van der Waals surface area contributed by atoms with Crippen molar-refractivity contribution >= 4 is 0 Å². The first kappa shape index (κ1) is 20.3. The van der Waals surface area contributed by atoms with Gasteiger partial charge in [0, 0.05) is 6.42 Å². The highest BCUT2D eigenvalue weighted by Gasteiger charge is 2.15. The molecule has 2 nitrogen and oxygen atoms in total. The maximum absolute atomic E-state index is 2.54. The number of unbranched alkanes of at least 4 members (excludes halogenated alkanes) is 9. The predicted molar refractivity (Wildman–Crippen MR) is 101 cm³/mol. The summed E-state index contributed by atoms with van der Waals surface area (Å²) < 4.78 is 5.03.